The number of amides is 2. The van der Waals surface area contributed by atoms with E-state index in [4.69, 9.17) is 0 Å². The van der Waals surface area contributed by atoms with Crippen molar-refractivity contribution in [2.24, 2.45) is 0 Å². The summed E-state index contributed by atoms with van der Waals surface area (Å²) in [5.74, 6) is -1.11. The first-order valence-electron chi connectivity index (χ1n) is 8.51. The fourth-order valence-electron chi connectivity index (χ4n) is 2.47. The van der Waals surface area contributed by atoms with Gasteiger partial charge in [0.2, 0.25) is 5.91 Å². The number of ketones is 1. The Kier molecular flexibility index (Phi) is 5.41. The van der Waals surface area contributed by atoms with Crippen LogP contribution >= 0.6 is 0 Å². The van der Waals surface area contributed by atoms with Gasteiger partial charge in [-0.05, 0) is 55.3 Å². The van der Waals surface area contributed by atoms with E-state index in [1.807, 2.05) is 0 Å². The van der Waals surface area contributed by atoms with Gasteiger partial charge in [0, 0.05) is 35.7 Å². The number of carbonyl (C=O) groups excluding carboxylic acids is 3. The maximum absolute atomic E-state index is 12.9. The summed E-state index contributed by atoms with van der Waals surface area (Å²) < 4.78 is 12.9. The molecule has 1 aliphatic rings. The third kappa shape index (κ3) is 4.99. The van der Waals surface area contributed by atoms with Crippen LogP contribution in [0.15, 0.2) is 48.5 Å². The lowest BCUT2D eigenvalue weighted by molar-refractivity contribution is -0.116. The Hall–Kier alpha value is -3.02. The van der Waals surface area contributed by atoms with E-state index in [1.165, 1.54) is 24.3 Å². The van der Waals surface area contributed by atoms with E-state index in [-0.39, 0.29) is 36.5 Å². The van der Waals surface area contributed by atoms with Gasteiger partial charge in [0.1, 0.15) is 5.82 Å². The average Bonchev–Trinajstić information content (AvgIpc) is 3.44. The number of anilines is 1. The van der Waals surface area contributed by atoms with E-state index in [0.717, 1.165) is 12.8 Å². The Morgan fingerprint density at radius 1 is 0.962 bits per heavy atom. The summed E-state index contributed by atoms with van der Waals surface area (Å²) in [4.78, 5) is 36.1. The topological polar surface area (TPSA) is 75.3 Å². The molecule has 6 heteroatoms. The Balaban J connectivity index is 1.52. The molecular weight excluding hydrogens is 335 g/mol. The third-order valence-electron chi connectivity index (χ3n) is 4.07. The molecule has 3 rings (SSSR count). The van der Waals surface area contributed by atoms with Crippen LogP contribution in [0.5, 0.6) is 0 Å². The number of carbonyl (C=O) groups is 3. The second-order valence-corrected chi connectivity index (χ2v) is 6.31. The summed E-state index contributed by atoms with van der Waals surface area (Å²) in [6.45, 7) is 0. The summed E-state index contributed by atoms with van der Waals surface area (Å²) in [5, 5.41) is 5.58. The number of hydrogen-bond acceptors (Lipinski definition) is 3. The van der Waals surface area contributed by atoms with Crippen molar-refractivity contribution in [1.82, 2.24) is 5.32 Å². The first-order valence-corrected chi connectivity index (χ1v) is 8.51. The number of rotatable bonds is 7. The van der Waals surface area contributed by atoms with Gasteiger partial charge in [-0.3, -0.25) is 14.4 Å². The normalized spacial score (nSPS) is 13.1. The Bertz CT molecular complexity index is 829. The van der Waals surface area contributed by atoms with E-state index < -0.39 is 5.82 Å². The lowest BCUT2D eigenvalue weighted by atomic mass is 10.1. The number of halogens is 1. The minimum Gasteiger partial charge on any atom is -0.349 e. The predicted octanol–water partition coefficient (Wildman–Crippen LogP) is 3.32. The molecule has 0 spiro atoms. The van der Waals surface area contributed by atoms with Gasteiger partial charge in [0.15, 0.2) is 5.78 Å². The molecule has 0 radical (unpaired) electrons. The molecule has 2 amide bonds. The second kappa shape index (κ2) is 7.91. The van der Waals surface area contributed by atoms with E-state index in [1.54, 1.807) is 24.3 Å². The molecule has 0 heterocycles. The Morgan fingerprint density at radius 2 is 1.69 bits per heavy atom. The molecule has 0 aliphatic heterocycles. The maximum Gasteiger partial charge on any atom is 0.251 e. The number of nitrogens with one attached hydrogen (secondary N) is 2. The molecule has 0 atom stereocenters. The molecule has 2 aromatic rings. The van der Waals surface area contributed by atoms with Crippen LogP contribution in [0.4, 0.5) is 10.1 Å². The summed E-state index contributed by atoms with van der Waals surface area (Å²) in [6.07, 6.45) is 2.04. The van der Waals surface area contributed by atoms with Crippen LogP contribution in [0.1, 0.15) is 46.4 Å². The number of Topliss-reactive ketones (excluding diaryl/α,β-unsaturated/α-hetero) is 1. The highest BCUT2D eigenvalue weighted by molar-refractivity contribution is 6.01. The van der Waals surface area contributed by atoms with Crippen molar-refractivity contribution in [2.45, 2.75) is 31.7 Å². The first-order chi connectivity index (χ1) is 12.5. The van der Waals surface area contributed by atoms with Crippen LogP contribution in [0.3, 0.4) is 0 Å². The molecule has 0 aromatic heterocycles. The van der Waals surface area contributed by atoms with Gasteiger partial charge in [-0.1, -0.05) is 6.07 Å². The van der Waals surface area contributed by atoms with Gasteiger partial charge in [-0.15, -0.1) is 0 Å². The molecule has 26 heavy (non-hydrogen) atoms. The van der Waals surface area contributed by atoms with Gasteiger partial charge in [0.25, 0.3) is 5.91 Å². The Morgan fingerprint density at radius 3 is 2.38 bits per heavy atom. The van der Waals surface area contributed by atoms with Crippen LogP contribution < -0.4 is 10.6 Å². The van der Waals surface area contributed by atoms with Crippen molar-refractivity contribution >= 4 is 23.3 Å². The van der Waals surface area contributed by atoms with Crippen molar-refractivity contribution in [3.63, 3.8) is 0 Å². The average molecular weight is 354 g/mol. The number of benzene rings is 2. The second-order valence-electron chi connectivity index (χ2n) is 6.31. The standard InChI is InChI=1S/C20H19FN2O3/c21-15-6-4-13(5-7-15)18(24)10-11-19(25)22-17-3-1-2-14(12-17)20(26)23-16-8-9-16/h1-7,12,16H,8-11H2,(H,22,25)(H,23,26). The molecule has 1 fully saturated rings. The van der Waals surface area contributed by atoms with E-state index in [2.05, 4.69) is 10.6 Å². The lowest BCUT2D eigenvalue weighted by Gasteiger charge is -2.08. The largest absolute Gasteiger partial charge is 0.349 e. The monoisotopic (exact) mass is 354 g/mol. The zero-order chi connectivity index (χ0) is 18.5. The molecule has 2 aromatic carbocycles. The van der Waals surface area contributed by atoms with Gasteiger partial charge in [-0.25, -0.2) is 4.39 Å². The van der Waals surface area contributed by atoms with Crippen molar-refractivity contribution < 1.29 is 18.8 Å². The van der Waals surface area contributed by atoms with Crippen LogP contribution in [0.25, 0.3) is 0 Å². The van der Waals surface area contributed by atoms with Crippen LogP contribution in [0.2, 0.25) is 0 Å². The fourth-order valence-corrected chi connectivity index (χ4v) is 2.47. The van der Waals surface area contributed by atoms with Crippen molar-refractivity contribution in [3.8, 4) is 0 Å². The number of hydrogen-bond donors (Lipinski definition) is 2. The van der Waals surface area contributed by atoms with Crippen LogP contribution in [-0.2, 0) is 4.79 Å². The summed E-state index contributed by atoms with van der Waals surface area (Å²) in [5.41, 5.74) is 1.36. The highest BCUT2D eigenvalue weighted by Gasteiger charge is 2.23. The molecule has 5 nitrogen and oxygen atoms in total. The molecule has 1 aliphatic carbocycles. The van der Waals surface area contributed by atoms with Crippen LogP contribution in [-0.4, -0.2) is 23.6 Å². The molecule has 0 saturated heterocycles. The zero-order valence-electron chi connectivity index (χ0n) is 14.1. The van der Waals surface area contributed by atoms with Gasteiger partial charge >= 0.3 is 0 Å². The van der Waals surface area contributed by atoms with E-state index in [9.17, 15) is 18.8 Å². The van der Waals surface area contributed by atoms with Crippen molar-refractivity contribution in [3.05, 3.63) is 65.5 Å². The minimum absolute atomic E-state index is 0.00864. The van der Waals surface area contributed by atoms with E-state index >= 15 is 0 Å². The fraction of sp³-hybridized carbons (Fsp3) is 0.250. The molecule has 0 bridgehead atoms. The van der Waals surface area contributed by atoms with Crippen LogP contribution in [0, 0.1) is 5.82 Å². The summed E-state index contributed by atoms with van der Waals surface area (Å²) >= 11 is 0. The quantitative estimate of drug-likeness (QED) is 0.749. The van der Waals surface area contributed by atoms with Gasteiger partial charge in [0.05, 0.1) is 0 Å². The molecule has 0 unspecified atom stereocenters. The van der Waals surface area contributed by atoms with Crippen molar-refractivity contribution in [2.75, 3.05) is 5.32 Å². The van der Waals surface area contributed by atoms with Crippen molar-refractivity contribution in [1.29, 1.82) is 0 Å². The summed E-state index contributed by atoms with van der Waals surface area (Å²) in [6, 6.07) is 12.2. The van der Waals surface area contributed by atoms with E-state index in [0.29, 0.717) is 16.8 Å². The molecule has 2 N–H and O–H groups in total. The SMILES string of the molecule is O=C(CCC(=O)c1ccc(F)cc1)Nc1cccc(C(=O)NC2CC2)c1. The highest BCUT2D eigenvalue weighted by atomic mass is 19.1. The molecule has 1 saturated carbocycles. The predicted molar refractivity (Wildman–Crippen MR) is 95.5 cm³/mol. The first kappa shape index (κ1) is 17.8. The molecular formula is C20H19FN2O3. The smallest absolute Gasteiger partial charge is 0.251 e. The summed E-state index contributed by atoms with van der Waals surface area (Å²) in [7, 11) is 0. The Labute approximate surface area is 150 Å². The van der Waals surface area contributed by atoms with Gasteiger partial charge < -0.3 is 10.6 Å². The molecule has 134 valence electrons. The zero-order valence-corrected chi connectivity index (χ0v) is 14.1. The minimum atomic E-state index is -0.412. The third-order valence-corrected chi connectivity index (χ3v) is 4.07. The maximum atomic E-state index is 12.9. The lowest BCUT2D eigenvalue weighted by Crippen LogP contribution is -2.25. The highest BCUT2D eigenvalue weighted by Crippen LogP contribution is 2.20. The van der Waals surface area contributed by atoms with Gasteiger partial charge in [-0.2, -0.15) is 0 Å².